The van der Waals surface area contributed by atoms with Gasteiger partial charge in [-0.15, -0.1) is 0 Å². The van der Waals surface area contributed by atoms with Crippen molar-refractivity contribution in [2.24, 2.45) is 5.92 Å². The van der Waals surface area contributed by atoms with Crippen molar-refractivity contribution in [3.63, 3.8) is 0 Å². The summed E-state index contributed by atoms with van der Waals surface area (Å²) < 4.78 is 0.595. The zero-order chi connectivity index (χ0) is 34.7. The average molecular weight is 665 g/mol. The number of carbonyl (C=O) groups is 2. The molecule has 1 atom stereocenters. The minimum absolute atomic E-state index is 0.111. The van der Waals surface area contributed by atoms with Gasteiger partial charge in [0.1, 0.15) is 18.1 Å². The fourth-order valence-electron chi connectivity index (χ4n) is 7.18. The summed E-state index contributed by atoms with van der Waals surface area (Å²) in [5, 5.41) is 9.52. The van der Waals surface area contributed by atoms with E-state index in [1.807, 2.05) is 0 Å². The smallest absolute Gasteiger partial charge is 0.142 e. The van der Waals surface area contributed by atoms with Gasteiger partial charge in [0.05, 0.1) is 33.2 Å². The summed E-state index contributed by atoms with van der Waals surface area (Å²) in [6.45, 7) is 5.95. The molecule has 280 valence electrons. The Kier molecular flexibility index (Phi) is 34.5. The second kappa shape index (κ2) is 35.1. The summed E-state index contributed by atoms with van der Waals surface area (Å²) in [5.74, 6) is 0.333. The molecule has 0 saturated carbocycles. The Morgan fingerprint density at radius 1 is 0.468 bits per heavy atom. The molecule has 0 aliphatic carbocycles. The number of quaternary nitrogens is 1. The van der Waals surface area contributed by atoms with Gasteiger partial charge in [0.2, 0.25) is 0 Å². The van der Waals surface area contributed by atoms with Crippen molar-refractivity contribution in [1.82, 2.24) is 0 Å². The molecule has 0 aromatic heterocycles. The van der Waals surface area contributed by atoms with E-state index in [4.69, 9.17) is 0 Å². The molecule has 0 aliphatic rings. The van der Waals surface area contributed by atoms with Crippen molar-refractivity contribution in [1.29, 1.82) is 0 Å². The predicted molar refractivity (Wildman–Crippen MR) is 206 cm³/mol. The molecular formula is C43H86NO3+. The van der Waals surface area contributed by atoms with Crippen LogP contribution in [0.1, 0.15) is 226 Å². The molecule has 1 N–H and O–H groups in total. The highest BCUT2D eigenvalue weighted by atomic mass is 16.3. The van der Waals surface area contributed by atoms with Gasteiger partial charge in [-0.1, -0.05) is 194 Å². The Hall–Kier alpha value is -0.740. The summed E-state index contributed by atoms with van der Waals surface area (Å²) in [5.41, 5.74) is 0. The van der Waals surface area contributed by atoms with Crippen LogP contribution >= 0.6 is 0 Å². The Morgan fingerprint density at radius 2 is 0.766 bits per heavy atom. The molecule has 0 fully saturated rings. The van der Waals surface area contributed by atoms with Crippen molar-refractivity contribution >= 4 is 11.6 Å². The Morgan fingerprint density at radius 3 is 1.09 bits per heavy atom. The van der Waals surface area contributed by atoms with E-state index in [9.17, 15) is 14.7 Å². The highest BCUT2D eigenvalue weighted by Gasteiger charge is 2.29. The van der Waals surface area contributed by atoms with Gasteiger partial charge < -0.3 is 9.59 Å². The summed E-state index contributed by atoms with van der Waals surface area (Å²) in [4.78, 5) is 26.2. The minimum Gasteiger partial charge on any atom is -0.391 e. The van der Waals surface area contributed by atoms with Crippen molar-refractivity contribution in [2.75, 3.05) is 33.8 Å². The van der Waals surface area contributed by atoms with Crippen LogP contribution in [0.5, 0.6) is 0 Å². The first-order chi connectivity index (χ1) is 22.9. The molecule has 0 saturated heterocycles. The van der Waals surface area contributed by atoms with Crippen LogP contribution < -0.4 is 0 Å². The number of unbranched alkanes of at least 4 members (excludes halogenated alkanes) is 28. The molecule has 0 aromatic carbocycles. The van der Waals surface area contributed by atoms with Gasteiger partial charge in [0, 0.05) is 19.3 Å². The average Bonchev–Trinajstić information content (AvgIpc) is 3.04. The van der Waals surface area contributed by atoms with Crippen LogP contribution in [0, 0.1) is 5.92 Å². The maximum Gasteiger partial charge on any atom is 0.142 e. The number of likely N-dealkylation sites (N-methyl/N-ethyl adjacent to an activating group) is 1. The number of hydrogen-bond acceptors (Lipinski definition) is 3. The molecule has 0 heterocycles. The molecule has 1 unspecified atom stereocenters. The molecular weight excluding hydrogens is 578 g/mol. The monoisotopic (exact) mass is 665 g/mol. The lowest BCUT2D eigenvalue weighted by Crippen LogP contribution is -2.47. The van der Waals surface area contributed by atoms with Crippen LogP contribution in [0.25, 0.3) is 0 Å². The van der Waals surface area contributed by atoms with E-state index < -0.39 is 0 Å². The van der Waals surface area contributed by atoms with Gasteiger partial charge in [0.15, 0.2) is 0 Å². The van der Waals surface area contributed by atoms with Gasteiger partial charge in [-0.05, 0) is 12.8 Å². The molecule has 0 spiro atoms. The minimum atomic E-state index is -0.202. The molecule has 0 bridgehead atoms. The molecule has 0 amide bonds. The third kappa shape index (κ3) is 33.5. The molecule has 0 rings (SSSR count). The number of aliphatic hydroxyl groups excluding tert-OH is 1. The van der Waals surface area contributed by atoms with Crippen LogP contribution in [-0.2, 0) is 9.59 Å². The van der Waals surface area contributed by atoms with E-state index >= 15 is 0 Å². The second-order valence-electron chi connectivity index (χ2n) is 15.9. The number of hydrogen-bond donors (Lipinski definition) is 1. The van der Waals surface area contributed by atoms with Gasteiger partial charge in [-0.3, -0.25) is 9.59 Å². The van der Waals surface area contributed by atoms with Crippen molar-refractivity contribution in [2.45, 2.75) is 226 Å². The Balaban J connectivity index is 4.03. The first kappa shape index (κ1) is 46.3. The van der Waals surface area contributed by atoms with Crippen LogP contribution in [0.15, 0.2) is 0 Å². The van der Waals surface area contributed by atoms with Crippen molar-refractivity contribution < 1.29 is 19.2 Å². The van der Waals surface area contributed by atoms with Crippen molar-refractivity contribution in [3.05, 3.63) is 0 Å². The second-order valence-corrected chi connectivity index (χ2v) is 15.9. The van der Waals surface area contributed by atoms with E-state index in [-0.39, 0.29) is 24.1 Å². The zero-order valence-corrected chi connectivity index (χ0v) is 32.7. The number of nitrogens with zero attached hydrogens (tertiary/aromatic N) is 1. The lowest BCUT2D eigenvalue weighted by Gasteiger charge is -2.32. The number of rotatable bonds is 39. The van der Waals surface area contributed by atoms with Crippen LogP contribution in [-0.4, -0.2) is 54.9 Å². The largest absolute Gasteiger partial charge is 0.391 e. The lowest BCUT2D eigenvalue weighted by molar-refractivity contribution is -0.892. The van der Waals surface area contributed by atoms with Gasteiger partial charge in [0.25, 0.3) is 0 Å². The SMILES string of the molecule is CCCCCCCCCCCCCCCCCC(=O)CC(C[N+](C)(C)CCO)C(=O)CCCCCCCCCCCCCCCCC. The first-order valence-corrected chi connectivity index (χ1v) is 21.3. The van der Waals surface area contributed by atoms with E-state index in [1.165, 1.54) is 167 Å². The molecule has 0 aliphatic heterocycles. The molecule has 4 heteroatoms. The highest BCUT2D eigenvalue weighted by molar-refractivity contribution is 5.88. The molecule has 4 nitrogen and oxygen atoms in total. The maximum absolute atomic E-state index is 13.3. The zero-order valence-electron chi connectivity index (χ0n) is 32.7. The van der Waals surface area contributed by atoms with Gasteiger partial charge in [-0.2, -0.15) is 0 Å². The number of aliphatic hydroxyl groups is 1. The standard InChI is InChI=1S/C43H86NO3/c1-5-7-9-11-13-15-17-19-21-23-25-27-29-31-33-35-42(46)39-41(40-44(3,4)37-38-45)43(47)36-34-32-30-28-26-24-22-20-18-16-14-12-10-8-6-2/h41,45H,5-40H2,1-4H3/q+1. The fourth-order valence-corrected chi connectivity index (χ4v) is 7.18. The van der Waals surface area contributed by atoms with Crippen molar-refractivity contribution in [3.8, 4) is 0 Å². The topological polar surface area (TPSA) is 54.4 Å². The first-order valence-electron chi connectivity index (χ1n) is 21.3. The number of Topliss-reactive ketones (excluding diaryl/α,β-unsaturated/α-hetero) is 2. The molecule has 0 aromatic rings. The van der Waals surface area contributed by atoms with E-state index in [0.29, 0.717) is 36.8 Å². The maximum atomic E-state index is 13.3. The normalized spacial score (nSPS) is 12.5. The van der Waals surface area contributed by atoms with Gasteiger partial charge in [-0.25, -0.2) is 0 Å². The van der Waals surface area contributed by atoms with Crippen LogP contribution in [0.3, 0.4) is 0 Å². The summed E-state index contributed by atoms with van der Waals surface area (Å²) in [6.07, 6.45) is 41.4. The lowest BCUT2D eigenvalue weighted by atomic mass is 9.91. The Bertz CT molecular complexity index is 676. The van der Waals surface area contributed by atoms with Gasteiger partial charge >= 0.3 is 0 Å². The third-order valence-corrected chi connectivity index (χ3v) is 10.4. The fraction of sp³-hybridized carbons (Fsp3) is 0.953. The Labute approximate surface area is 295 Å². The predicted octanol–water partition coefficient (Wildman–Crippen LogP) is 12.7. The number of ketones is 2. The highest BCUT2D eigenvalue weighted by Crippen LogP contribution is 2.20. The summed E-state index contributed by atoms with van der Waals surface area (Å²) in [7, 11) is 4.15. The molecule has 47 heavy (non-hydrogen) atoms. The van der Waals surface area contributed by atoms with Crippen LogP contribution in [0.4, 0.5) is 0 Å². The van der Waals surface area contributed by atoms with E-state index in [0.717, 1.165) is 25.7 Å². The number of carbonyl (C=O) groups excluding carboxylic acids is 2. The third-order valence-electron chi connectivity index (χ3n) is 10.4. The van der Waals surface area contributed by atoms with E-state index in [2.05, 4.69) is 27.9 Å². The molecule has 0 radical (unpaired) electrons. The van der Waals surface area contributed by atoms with E-state index in [1.54, 1.807) is 0 Å². The van der Waals surface area contributed by atoms with Crippen LogP contribution in [0.2, 0.25) is 0 Å². The summed E-state index contributed by atoms with van der Waals surface area (Å²) >= 11 is 0. The quantitative estimate of drug-likeness (QED) is 0.0525. The summed E-state index contributed by atoms with van der Waals surface area (Å²) in [6, 6.07) is 0.